The van der Waals surface area contributed by atoms with Crippen LogP contribution in [0.4, 0.5) is 0 Å². The number of hydrogen-bond donors (Lipinski definition) is 0. The largest absolute Gasteiger partial charge is 0.456 e. The van der Waals surface area contributed by atoms with Crippen molar-refractivity contribution in [3.05, 3.63) is 516 Å². The molecule has 0 aliphatic rings. The van der Waals surface area contributed by atoms with Crippen molar-refractivity contribution in [2.45, 2.75) is 0 Å². The van der Waals surface area contributed by atoms with Gasteiger partial charge in [-0.3, -0.25) is 13.7 Å². The molecule has 0 aliphatic heterocycles. The van der Waals surface area contributed by atoms with Gasteiger partial charge in [0.25, 0.3) is 0 Å². The summed E-state index contributed by atoms with van der Waals surface area (Å²) in [6, 6.07) is 180. The van der Waals surface area contributed by atoms with Crippen LogP contribution >= 0.6 is 11.3 Å². The first-order chi connectivity index (χ1) is 74.3. The van der Waals surface area contributed by atoms with Gasteiger partial charge in [0, 0.05) is 113 Å². The molecule has 702 valence electrons. The van der Waals surface area contributed by atoms with Gasteiger partial charge in [-0.05, 0) is 170 Å². The highest BCUT2D eigenvalue weighted by Gasteiger charge is 2.26. The zero-order valence-electron chi connectivity index (χ0n) is 80.7. The predicted molar refractivity (Wildman–Crippen MR) is 617 cm³/mol. The van der Waals surface area contributed by atoms with Crippen molar-refractivity contribution in [2.24, 2.45) is 0 Å². The maximum absolute atomic E-state index is 6.39. The molecule has 0 atom stereocenters. The van der Waals surface area contributed by atoms with Crippen molar-refractivity contribution in [2.75, 3.05) is 0 Å². The van der Waals surface area contributed by atoms with Crippen LogP contribution in [0.5, 0.6) is 0 Å². The number of nitrogens with zero attached hydrogens (tertiary/aromatic N) is 11. The van der Waals surface area contributed by atoms with E-state index in [1.165, 1.54) is 53.2 Å². The summed E-state index contributed by atoms with van der Waals surface area (Å²) in [5.41, 5.74) is 31.5. The summed E-state index contributed by atoms with van der Waals surface area (Å²) in [5, 5.41) is 14.0. The third-order valence-corrected chi connectivity index (χ3v) is 29.8. The summed E-state index contributed by atoms with van der Waals surface area (Å²) in [6.07, 6.45) is 0. The average Bonchev–Trinajstić information content (AvgIpc) is 1.59. The molecular weight excluding hydrogens is 1850 g/mol. The minimum atomic E-state index is 0.581. The molecule has 9 aromatic heterocycles. The minimum Gasteiger partial charge on any atom is -0.456 e. The molecule has 30 rings (SSSR count). The Balaban J connectivity index is 0.000000108. The van der Waals surface area contributed by atoms with E-state index in [9.17, 15) is 0 Å². The standard InChI is InChI=1S/C46H29N3S.2C45H28N4O/c1-3-13-30(14-4-1)40-29-41(31-15-5-2-6-16-31)48-46(47-40)49-42-23-9-7-19-36(42)39-28-33(25-26-43(39)49)32-17-11-18-34(27-32)35-21-12-22-38-37-20-8-10-24-44(37)50-45(35)38;1-3-13-29(14-4-1)43-46-44(30-15-5-2-6-16-30)48-45(47-43)49-39-23-9-7-19-35(39)38-28-32(25-26-40(38)49)31-17-11-18-33(27-31)34-21-12-22-37-36-20-8-10-24-41(36)50-42(34)37;1-3-12-29(13-4-1)43-46-44(30-14-5-2-6-15-30)48-45(47-43)49-39-20-9-7-18-35(39)37-27-33(22-24-40(37)49)31-16-11-17-32(26-31)34-23-25-42-38(28-34)36-19-8-10-21-41(36)50-42/h1-29H;2*1-28H. The predicted octanol–water partition coefficient (Wildman–Crippen LogP) is 35.7. The highest BCUT2D eigenvalue weighted by atomic mass is 32.1. The van der Waals surface area contributed by atoms with Crippen molar-refractivity contribution in [1.29, 1.82) is 0 Å². The SMILES string of the molecule is c1ccc(-c2cc(-c3ccccc3)nc(-n3c4ccccc4c4cc(-c5cccc(-c6cccc7c6sc6ccccc67)c5)ccc43)n2)cc1.c1ccc(-c2nc(-c3ccccc3)nc(-n3c4ccccc4c4cc(-c5cccc(-c6ccc7oc8ccccc8c7c6)c5)ccc43)n2)cc1.c1ccc(-c2nc(-c3ccccc3)nc(-n3c4ccccc4c4cc(-c5cccc(-c6cccc7c6oc6ccccc67)c5)ccc43)n2)cc1. The van der Waals surface area contributed by atoms with E-state index in [4.69, 9.17) is 48.7 Å². The first-order valence-electron chi connectivity index (χ1n) is 50.2. The van der Waals surface area contributed by atoms with Gasteiger partial charge >= 0.3 is 0 Å². The molecule has 0 radical (unpaired) electrons. The Kier molecular flexibility index (Phi) is 21.8. The third kappa shape index (κ3) is 15.9. The Morgan fingerprint density at radius 2 is 0.447 bits per heavy atom. The van der Waals surface area contributed by atoms with Gasteiger partial charge in [-0.1, -0.05) is 406 Å². The molecular formula is C136H85N11O2S. The van der Waals surface area contributed by atoms with Crippen molar-refractivity contribution in [3.63, 3.8) is 0 Å². The molecule has 9 heterocycles. The van der Waals surface area contributed by atoms with Crippen LogP contribution in [0.25, 0.3) is 282 Å². The molecule has 0 aliphatic carbocycles. The Hall–Kier alpha value is -20.1. The lowest BCUT2D eigenvalue weighted by molar-refractivity contribution is 0.669. The molecule has 0 spiro atoms. The van der Waals surface area contributed by atoms with Crippen molar-refractivity contribution in [3.8, 4) is 153 Å². The van der Waals surface area contributed by atoms with Gasteiger partial charge in [0.2, 0.25) is 17.8 Å². The molecule has 0 saturated heterocycles. The third-order valence-electron chi connectivity index (χ3n) is 28.6. The van der Waals surface area contributed by atoms with Crippen LogP contribution in [0.1, 0.15) is 0 Å². The van der Waals surface area contributed by atoms with E-state index in [2.05, 4.69) is 372 Å². The first-order valence-corrected chi connectivity index (χ1v) is 51.0. The smallest absolute Gasteiger partial charge is 0.238 e. The van der Waals surface area contributed by atoms with Gasteiger partial charge in [-0.25, -0.2) is 19.9 Å². The topological polar surface area (TPSA) is 144 Å². The number of aromatic nitrogens is 11. The lowest BCUT2D eigenvalue weighted by Crippen LogP contribution is -2.06. The van der Waals surface area contributed by atoms with Gasteiger partial charge in [-0.2, -0.15) is 19.9 Å². The quantitative estimate of drug-likeness (QED) is 0.0973. The highest BCUT2D eigenvalue weighted by Crippen LogP contribution is 2.47. The summed E-state index contributed by atoms with van der Waals surface area (Å²) < 4.78 is 21.7. The lowest BCUT2D eigenvalue weighted by atomic mass is 9.97. The number of thiophene rings is 1. The maximum Gasteiger partial charge on any atom is 0.238 e. The summed E-state index contributed by atoms with van der Waals surface area (Å²) in [6.45, 7) is 0. The van der Waals surface area contributed by atoms with Gasteiger partial charge in [0.1, 0.15) is 22.3 Å². The number of benzene rings is 21. The fourth-order valence-corrected chi connectivity index (χ4v) is 22.7. The average molecular weight is 1940 g/mol. The van der Waals surface area contributed by atoms with Crippen LogP contribution in [-0.2, 0) is 0 Å². The van der Waals surface area contributed by atoms with Crippen LogP contribution < -0.4 is 0 Å². The van der Waals surface area contributed by atoms with Crippen LogP contribution in [0.2, 0.25) is 0 Å². The van der Waals surface area contributed by atoms with Crippen LogP contribution in [0.15, 0.2) is 524 Å². The Labute approximate surface area is 865 Å². The number of para-hydroxylation sites is 6. The van der Waals surface area contributed by atoms with Crippen molar-refractivity contribution < 1.29 is 8.83 Å². The molecule has 13 nitrogen and oxygen atoms in total. The lowest BCUT2D eigenvalue weighted by Gasteiger charge is -2.12. The first kappa shape index (κ1) is 87.7. The van der Waals surface area contributed by atoms with E-state index in [-0.39, 0.29) is 0 Å². The van der Waals surface area contributed by atoms with E-state index in [0.29, 0.717) is 41.1 Å². The normalized spacial score (nSPS) is 11.6. The fraction of sp³-hybridized carbons (Fsp3) is 0. The summed E-state index contributed by atoms with van der Waals surface area (Å²) in [5.74, 6) is 4.36. The van der Waals surface area contributed by atoms with Gasteiger partial charge in [0.15, 0.2) is 23.3 Å². The summed E-state index contributed by atoms with van der Waals surface area (Å²) in [4.78, 5) is 40.5. The van der Waals surface area contributed by atoms with E-state index >= 15 is 0 Å². The van der Waals surface area contributed by atoms with Crippen molar-refractivity contribution in [1.82, 2.24) is 53.6 Å². The second-order valence-electron chi connectivity index (χ2n) is 37.6. The number of fused-ring (bicyclic) bond motifs is 18. The Morgan fingerprint density at radius 3 is 0.887 bits per heavy atom. The molecule has 0 saturated carbocycles. The van der Waals surface area contributed by atoms with E-state index in [1.54, 1.807) is 0 Å². The monoisotopic (exact) mass is 1940 g/mol. The zero-order chi connectivity index (χ0) is 99.1. The van der Waals surface area contributed by atoms with E-state index in [0.717, 1.165) is 188 Å². The Bertz CT molecular complexity index is 9920. The fourth-order valence-electron chi connectivity index (χ4n) is 21.4. The maximum atomic E-state index is 6.39. The zero-order valence-corrected chi connectivity index (χ0v) is 81.5. The van der Waals surface area contributed by atoms with E-state index in [1.807, 2.05) is 169 Å². The molecule has 0 fully saturated rings. The van der Waals surface area contributed by atoms with E-state index < -0.39 is 0 Å². The van der Waals surface area contributed by atoms with Gasteiger partial charge < -0.3 is 8.83 Å². The minimum absolute atomic E-state index is 0.581. The molecule has 150 heavy (non-hydrogen) atoms. The summed E-state index contributed by atoms with van der Waals surface area (Å²) >= 11 is 1.87. The molecule has 0 N–H and O–H groups in total. The molecule has 0 amide bonds. The molecule has 30 aromatic rings. The number of furan rings is 2. The van der Waals surface area contributed by atoms with Crippen molar-refractivity contribution >= 4 is 141 Å². The molecule has 21 aromatic carbocycles. The van der Waals surface area contributed by atoms with Crippen LogP contribution in [-0.4, -0.2) is 53.6 Å². The second-order valence-corrected chi connectivity index (χ2v) is 38.6. The number of rotatable bonds is 15. The molecule has 0 unspecified atom stereocenters. The highest BCUT2D eigenvalue weighted by molar-refractivity contribution is 7.26. The number of hydrogen-bond acceptors (Lipinski definition) is 11. The Morgan fingerprint density at radius 1 is 0.160 bits per heavy atom. The molecule has 14 heteroatoms. The van der Waals surface area contributed by atoms with Crippen LogP contribution in [0, 0.1) is 0 Å². The summed E-state index contributed by atoms with van der Waals surface area (Å²) in [7, 11) is 0. The van der Waals surface area contributed by atoms with Crippen LogP contribution in [0.3, 0.4) is 0 Å². The van der Waals surface area contributed by atoms with Gasteiger partial charge in [0.05, 0.1) is 44.5 Å². The van der Waals surface area contributed by atoms with Gasteiger partial charge in [-0.15, -0.1) is 11.3 Å². The molecule has 0 bridgehead atoms. The second kappa shape index (κ2) is 37.3.